The summed E-state index contributed by atoms with van der Waals surface area (Å²) in [5, 5.41) is 1.16. The van der Waals surface area contributed by atoms with Crippen molar-refractivity contribution in [3.63, 3.8) is 0 Å². The van der Waals surface area contributed by atoms with E-state index in [1.165, 1.54) is 43.4 Å². The van der Waals surface area contributed by atoms with Gasteiger partial charge in [0.2, 0.25) is 0 Å². The van der Waals surface area contributed by atoms with Crippen LogP contribution in [-0.2, 0) is 0 Å². The molecule has 0 bridgehead atoms. The van der Waals surface area contributed by atoms with Crippen molar-refractivity contribution >= 4 is 49.2 Å². The van der Waals surface area contributed by atoms with Gasteiger partial charge in [-0.05, 0) is 0 Å². The molecule has 2 rings (SSSR count). The summed E-state index contributed by atoms with van der Waals surface area (Å²) in [6.07, 6.45) is 15.0. The molecule has 0 aliphatic carbocycles. The number of unbranched alkanes of at least 4 members (excludes halogenated alkanes) is 3. The summed E-state index contributed by atoms with van der Waals surface area (Å²) < 4.78 is 8.83. The third-order valence-electron chi connectivity index (χ3n) is 4.92. The van der Waals surface area contributed by atoms with Crippen molar-refractivity contribution in [3.05, 3.63) is 12.4 Å². The fraction of sp³-hybridized carbons (Fsp3) is 0.722. The number of thioether (sulfide) groups is 1. The van der Waals surface area contributed by atoms with Crippen molar-refractivity contribution in [2.24, 2.45) is 0 Å². The van der Waals surface area contributed by atoms with Gasteiger partial charge in [-0.15, -0.1) is 0 Å². The van der Waals surface area contributed by atoms with E-state index in [1.54, 1.807) is 25.1 Å². The molecule has 2 heterocycles. The van der Waals surface area contributed by atoms with E-state index in [9.17, 15) is 0 Å². The summed E-state index contributed by atoms with van der Waals surface area (Å²) in [4.78, 5) is 5.90. The molecule has 0 aliphatic rings. The molecule has 0 fully saturated rings. The van der Waals surface area contributed by atoms with Crippen LogP contribution in [-0.4, -0.2) is 34.0 Å². The van der Waals surface area contributed by atoms with Crippen molar-refractivity contribution in [2.75, 3.05) is 6.26 Å². The van der Waals surface area contributed by atoms with Crippen LogP contribution in [0.3, 0.4) is 0 Å². The van der Waals surface area contributed by atoms with Crippen LogP contribution >= 0.6 is 23.1 Å². The fourth-order valence-corrected chi connectivity index (χ4v) is 24.0. The number of hydrogen-bond acceptors (Lipinski definition) is 3. The van der Waals surface area contributed by atoms with Gasteiger partial charge in [-0.1, -0.05) is 0 Å². The molecule has 2 aromatic heterocycles. The molecule has 0 spiro atoms. The first-order valence-electron chi connectivity index (χ1n) is 9.22. The van der Waals surface area contributed by atoms with Crippen LogP contribution in [0.25, 0.3) is 4.83 Å². The molecule has 0 saturated heterocycles. The number of imidazole rings is 1. The quantitative estimate of drug-likeness (QED) is 0.295. The van der Waals surface area contributed by atoms with Crippen molar-refractivity contribution in [1.82, 2.24) is 9.38 Å². The van der Waals surface area contributed by atoms with E-state index in [2.05, 4.69) is 60.1 Å². The zero-order chi connectivity index (χ0) is 16.7. The van der Waals surface area contributed by atoms with Crippen molar-refractivity contribution in [3.8, 4) is 0 Å². The van der Waals surface area contributed by atoms with Gasteiger partial charge in [0.05, 0.1) is 0 Å². The SMILES string of the molecule is CCC[CH2][Sn]([CH2]CCC)([CH2]CCC)[c]1cn2c(SC)ncc2s1. The molecule has 0 radical (unpaired) electrons. The van der Waals surface area contributed by atoms with Crippen molar-refractivity contribution in [2.45, 2.75) is 77.8 Å². The van der Waals surface area contributed by atoms with E-state index in [-0.39, 0.29) is 0 Å². The summed E-state index contributed by atoms with van der Waals surface area (Å²) in [6.45, 7) is 7.06. The Morgan fingerprint density at radius 3 is 2.09 bits per heavy atom. The Morgan fingerprint density at radius 1 is 1.04 bits per heavy atom. The molecule has 0 saturated carbocycles. The Balaban J connectivity index is 2.39. The zero-order valence-corrected chi connectivity index (χ0v) is 19.7. The minimum atomic E-state index is -2.25. The Bertz CT molecular complexity index is 569. The summed E-state index contributed by atoms with van der Waals surface area (Å²) in [6, 6.07) is 0. The van der Waals surface area contributed by atoms with Crippen LogP contribution in [0.1, 0.15) is 59.3 Å². The fourth-order valence-electron chi connectivity index (χ4n) is 3.47. The van der Waals surface area contributed by atoms with Gasteiger partial charge >= 0.3 is 155 Å². The number of fused-ring (bicyclic) bond motifs is 1. The maximum atomic E-state index is 4.54. The first-order valence-corrected chi connectivity index (χ1v) is 18.7. The van der Waals surface area contributed by atoms with E-state index in [0.717, 1.165) is 5.16 Å². The molecule has 0 aromatic carbocycles. The molecule has 2 nitrogen and oxygen atoms in total. The molecular formula is C18H32N2S2Sn. The third-order valence-corrected chi connectivity index (χ3v) is 24.8. The number of thiazole rings is 1. The van der Waals surface area contributed by atoms with E-state index in [1.807, 2.05) is 2.89 Å². The van der Waals surface area contributed by atoms with Crippen LogP contribution in [0.4, 0.5) is 0 Å². The topological polar surface area (TPSA) is 17.3 Å². The number of rotatable bonds is 11. The van der Waals surface area contributed by atoms with Gasteiger partial charge in [0.1, 0.15) is 0 Å². The molecule has 0 unspecified atom stereocenters. The van der Waals surface area contributed by atoms with E-state index >= 15 is 0 Å². The number of aromatic nitrogens is 2. The van der Waals surface area contributed by atoms with Crippen LogP contribution in [0.2, 0.25) is 13.3 Å². The zero-order valence-electron chi connectivity index (χ0n) is 15.2. The second kappa shape index (κ2) is 9.71. The van der Waals surface area contributed by atoms with Gasteiger partial charge in [-0.3, -0.25) is 0 Å². The Kier molecular flexibility index (Phi) is 8.29. The Morgan fingerprint density at radius 2 is 1.61 bits per heavy atom. The summed E-state index contributed by atoms with van der Waals surface area (Å²) in [5.41, 5.74) is 0. The summed E-state index contributed by atoms with van der Waals surface area (Å²) in [5.74, 6) is 0. The van der Waals surface area contributed by atoms with E-state index in [0.29, 0.717) is 0 Å². The van der Waals surface area contributed by atoms with Gasteiger partial charge in [0.25, 0.3) is 0 Å². The van der Waals surface area contributed by atoms with Gasteiger partial charge in [-0.2, -0.15) is 0 Å². The van der Waals surface area contributed by atoms with Crippen LogP contribution < -0.4 is 2.89 Å². The van der Waals surface area contributed by atoms with Gasteiger partial charge in [0, 0.05) is 0 Å². The Labute approximate surface area is 154 Å². The van der Waals surface area contributed by atoms with E-state index < -0.39 is 18.4 Å². The average Bonchev–Trinajstić information content (AvgIpc) is 3.15. The first-order chi connectivity index (χ1) is 11.2. The molecule has 23 heavy (non-hydrogen) atoms. The molecular weight excluding hydrogens is 427 g/mol. The standard InChI is InChI=1S/C6H5N2S2.3C4H9.Sn/c1-9-6-7-4-5-8(6)2-3-10-5;3*1-3-4-2;/h2,4H,1H3;3*1,3-4H2,2H3;. The molecule has 5 heteroatoms. The normalized spacial score (nSPS) is 12.3. The van der Waals surface area contributed by atoms with Gasteiger partial charge in [0.15, 0.2) is 0 Å². The van der Waals surface area contributed by atoms with Crippen LogP contribution in [0.5, 0.6) is 0 Å². The molecule has 0 amide bonds. The monoisotopic (exact) mass is 460 g/mol. The first kappa shape index (κ1) is 19.6. The number of hydrogen-bond donors (Lipinski definition) is 0. The second-order valence-corrected chi connectivity index (χ2v) is 22.6. The van der Waals surface area contributed by atoms with Gasteiger partial charge < -0.3 is 0 Å². The summed E-state index contributed by atoms with van der Waals surface area (Å²) >= 11 is 1.59. The molecule has 0 atom stereocenters. The molecule has 130 valence electrons. The summed E-state index contributed by atoms with van der Waals surface area (Å²) in [7, 11) is 0. The predicted molar refractivity (Wildman–Crippen MR) is 109 cm³/mol. The van der Waals surface area contributed by atoms with Crippen LogP contribution in [0.15, 0.2) is 17.6 Å². The van der Waals surface area contributed by atoms with Gasteiger partial charge in [-0.25, -0.2) is 0 Å². The molecule has 0 N–H and O–H groups in total. The third kappa shape index (κ3) is 4.69. The van der Waals surface area contributed by atoms with Crippen molar-refractivity contribution in [1.29, 1.82) is 0 Å². The number of nitrogens with zero attached hydrogens (tertiary/aromatic N) is 2. The van der Waals surface area contributed by atoms with Crippen molar-refractivity contribution < 1.29 is 0 Å². The average molecular weight is 459 g/mol. The molecule has 2 aromatic rings. The Hall–Kier alpha value is 0.319. The predicted octanol–water partition coefficient (Wildman–Crippen LogP) is 6.17. The van der Waals surface area contributed by atoms with E-state index in [4.69, 9.17) is 0 Å². The van der Waals surface area contributed by atoms with Crippen LogP contribution in [0, 0.1) is 0 Å². The molecule has 0 aliphatic heterocycles. The minimum absolute atomic E-state index is 1.16. The second-order valence-electron chi connectivity index (χ2n) is 6.64. The maximum absolute atomic E-state index is 4.54.